The highest BCUT2D eigenvalue weighted by Crippen LogP contribution is 2.48. The molecule has 6 rings (SSSR count). The van der Waals surface area contributed by atoms with Crippen LogP contribution >= 0.6 is 0 Å². The Kier molecular flexibility index (Phi) is 6.35. The van der Waals surface area contributed by atoms with Gasteiger partial charge in [0, 0.05) is 36.0 Å². The van der Waals surface area contributed by atoms with Crippen molar-refractivity contribution in [3.63, 3.8) is 0 Å². The van der Waals surface area contributed by atoms with Crippen molar-refractivity contribution < 1.29 is 9.47 Å². The van der Waals surface area contributed by atoms with Gasteiger partial charge in [0.1, 0.15) is 17.3 Å². The molecule has 4 nitrogen and oxygen atoms in total. The first-order valence-corrected chi connectivity index (χ1v) is 14.5. The number of piperazine rings is 1. The van der Waals surface area contributed by atoms with Gasteiger partial charge in [-0.15, -0.1) is 4.31 Å². The van der Waals surface area contributed by atoms with Crippen molar-refractivity contribution in [2.45, 2.75) is 24.5 Å². The summed E-state index contributed by atoms with van der Waals surface area (Å²) in [6.45, 7) is 8.59. The van der Waals surface area contributed by atoms with Crippen LogP contribution in [0, 0.1) is 13.8 Å². The van der Waals surface area contributed by atoms with Crippen LogP contribution in [-0.4, -0.2) is 36.7 Å². The molecule has 188 valence electrons. The second kappa shape index (κ2) is 9.81. The summed E-state index contributed by atoms with van der Waals surface area (Å²) in [6.07, 6.45) is 2.33. The largest absolute Gasteiger partial charge is 0.440 e. The minimum Gasteiger partial charge on any atom is -0.440 e. The molecule has 4 aromatic rings. The zero-order chi connectivity index (χ0) is 25.4. The summed E-state index contributed by atoms with van der Waals surface area (Å²) in [4.78, 5) is 3.81. The smallest absolute Gasteiger partial charge is 0.305 e. The molecule has 0 spiro atoms. The summed E-state index contributed by atoms with van der Waals surface area (Å²) in [5.74, 6) is 0.611. The Labute approximate surface area is 222 Å². The quantitative estimate of drug-likeness (QED) is 0.294. The molecule has 37 heavy (non-hydrogen) atoms. The van der Waals surface area contributed by atoms with Crippen molar-refractivity contribution in [1.29, 1.82) is 0 Å². The first kappa shape index (κ1) is 24.0. The number of rotatable bonds is 5. The monoisotopic (exact) mass is 509 g/mol. The van der Waals surface area contributed by atoms with E-state index in [1.165, 1.54) is 21.7 Å². The number of ether oxygens (including phenoxy) is 2. The number of hydrogen-bond donors (Lipinski definition) is 0. The van der Waals surface area contributed by atoms with Crippen molar-refractivity contribution in [2.24, 2.45) is 0 Å². The van der Waals surface area contributed by atoms with Gasteiger partial charge in [0.2, 0.25) is 0 Å². The van der Waals surface area contributed by atoms with E-state index < -0.39 is 5.79 Å². The molecular formula is C32H33N2O2S+. The Morgan fingerprint density at radius 1 is 0.676 bits per heavy atom. The first-order valence-electron chi connectivity index (χ1n) is 12.9. The summed E-state index contributed by atoms with van der Waals surface area (Å²) in [5, 5.41) is 0. The number of nitrogens with zero attached hydrogens (tertiary/aromatic N) is 2. The molecule has 0 amide bonds. The highest BCUT2D eigenvalue weighted by Gasteiger charge is 2.46. The summed E-state index contributed by atoms with van der Waals surface area (Å²) in [7, 11) is 0. The van der Waals surface area contributed by atoms with Gasteiger partial charge in [-0.3, -0.25) is 0 Å². The fourth-order valence-corrected chi connectivity index (χ4v) is 6.87. The summed E-state index contributed by atoms with van der Waals surface area (Å²) in [6, 6.07) is 33.5. The lowest BCUT2D eigenvalue weighted by Gasteiger charge is -2.35. The van der Waals surface area contributed by atoms with Gasteiger partial charge in [0.15, 0.2) is 16.4 Å². The van der Waals surface area contributed by atoms with Gasteiger partial charge < -0.3 is 14.4 Å². The Bertz CT molecular complexity index is 1350. The third kappa shape index (κ3) is 4.36. The minimum atomic E-state index is -0.979. The highest BCUT2D eigenvalue weighted by molar-refractivity contribution is 7.94. The van der Waals surface area contributed by atoms with Gasteiger partial charge in [0.05, 0.1) is 13.1 Å². The van der Waals surface area contributed by atoms with Crippen molar-refractivity contribution in [2.75, 3.05) is 37.3 Å². The Morgan fingerprint density at radius 2 is 1.30 bits per heavy atom. The van der Waals surface area contributed by atoms with Crippen LogP contribution in [0.15, 0.2) is 102 Å². The maximum atomic E-state index is 6.70. The number of hydrogen-bond acceptors (Lipinski definition) is 4. The number of benzene rings is 4. The first-order chi connectivity index (χ1) is 18.0. The van der Waals surface area contributed by atoms with E-state index in [4.69, 9.17) is 9.47 Å². The van der Waals surface area contributed by atoms with Crippen LogP contribution in [0.3, 0.4) is 0 Å². The molecule has 0 bridgehead atoms. The molecule has 1 unspecified atom stereocenters. The molecule has 0 saturated carbocycles. The van der Waals surface area contributed by atoms with E-state index >= 15 is 0 Å². The standard InChI is InChI=1S/C32H33N2O2S/c1-24-11-10-16-29(25(24)2)33-19-21-34(22-20-33)37(3)28-17-18-30-31(23-28)36-32(35-30,26-12-6-4-7-13-26)27-14-8-5-9-15-27/h4-18,23H,19-22H2,1-3H3/q+1. The normalized spacial score (nSPS) is 17.5. The molecule has 2 heterocycles. The van der Waals surface area contributed by atoms with Gasteiger partial charge in [-0.2, -0.15) is 0 Å². The van der Waals surface area contributed by atoms with Gasteiger partial charge >= 0.3 is 5.79 Å². The van der Waals surface area contributed by atoms with Crippen molar-refractivity contribution >= 4 is 16.8 Å². The highest BCUT2D eigenvalue weighted by atomic mass is 32.2. The molecule has 5 heteroatoms. The SMILES string of the molecule is Cc1cccc(N2CCN([S+](C)c3ccc4c(c3)OC(c3ccccc3)(c3ccccc3)O4)CC2)c1C. The Morgan fingerprint density at radius 3 is 1.95 bits per heavy atom. The van der Waals surface area contributed by atoms with Crippen molar-refractivity contribution in [3.05, 3.63) is 119 Å². The topological polar surface area (TPSA) is 24.9 Å². The molecule has 1 saturated heterocycles. The van der Waals surface area contributed by atoms with Crippen LogP contribution in [0.5, 0.6) is 11.5 Å². The fraction of sp³-hybridized carbons (Fsp3) is 0.250. The summed E-state index contributed by atoms with van der Waals surface area (Å²) < 4.78 is 15.9. The van der Waals surface area contributed by atoms with E-state index in [2.05, 4.69) is 90.0 Å². The van der Waals surface area contributed by atoms with E-state index in [1.807, 2.05) is 36.4 Å². The lowest BCUT2D eigenvalue weighted by Crippen LogP contribution is -2.48. The average Bonchev–Trinajstić information content (AvgIpc) is 3.35. The predicted molar refractivity (Wildman–Crippen MR) is 153 cm³/mol. The molecule has 2 aliphatic heterocycles. The number of aryl methyl sites for hydroxylation is 1. The van der Waals surface area contributed by atoms with Gasteiger partial charge in [-0.1, -0.05) is 72.8 Å². The zero-order valence-corrected chi connectivity index (χ0v) is 22.5. The molecule has 1 fully saturated rings. The third-order valence-electron chi connectivity index (χ3n) is 7.61. The van der Waals surface area contributed by atoms with Crippen LogP contribution in [-0.2, 0) is 16.9 Å². The number of anilines is 1. The van der Waals surface area contributed by atoms with E-state index in [0.29, 0.717) is 0 Å². The van der Waals surface area contributed by atoms with Crippen molar-refractivity contribution in [3.8, 4) is 11.5 Å². The van der Waals surface area contributed by atoms with E-state index in [9.17, 15) is 0 Å². The lowest BCUT2D eigenvalue weighted by atomic mass is 9.97. The molecule has 0 N–H and O–H groups in total. The second-order valence-corrected chi connectivity index (χ2v) is 11.7. The molecule has 0 radical (unpaired) electrons. The Balaban J connectivity index is 1.22. The van der Waals surface area contributed by atoms with Crippen LogP contribution < -0.4 is 14.4 Å². The molecular weight excluding hydrogens is 476 g/mol. The summed E-state index contributed by atoms with van der Waals surface area (Å²) >= 11 is -0.0360. The Hall–Kier alpha value is -3.41. The summed E-state index contributed by atoms with van der Waals surface area (Å²) in [5.41, 5.74) is 6.09. The predicted octanol–water partition coefficient (Wildman–Crippen LogP) is 6.32. The maximum absolute atomic E-state index is 6.70. The van der Waals surface area contributed by atoms with Crippen LogP contribution in [0.2, 0.25) is 0 Å². The maximum Gasteiger partial charge on any atom is 0.305 e. The van der Waals surface area contributed by atoms with Crippen LogP contribution in [0.4, 0.5) is 5.69 Å². The number of fused-ring (bicyclic) bond motifs is 1. The van der Waals surface area contributed by atoms with E-state index in [-0.39, 0.29) is 11.1 Å². The molecule has 0 aromatic heterocycles. The second-order valence-electron chi connectivity index (χ2n) is 9.77. The van der Waals surface area contributed by atoms with E-state index in [1.54, 1.807) is 0 Å². The van der Waals surface area contributed by atoms with Crippen molar-refractivity contribution in [1.82, 2.24) is 4.31 Å². The molecule has 1 atom stereocenters. The molecule has 4 aromatic carbocycles. The van der Waals surface area contributed by atoms with Gasteiger partial charge in [-0.05, 0) is 43.2 Å². The average molecular weight is 510 g/mol. The van der Waals surface area contributed by atoms with E-state index in [0.717, 1.165) is 48.8 Å². The van der Waals surface area contributed by atoms with Crippen LogP contribution in [0.1, 0.15) is 22.3 Å². The zero-order valence-electron chi connectivity index (χ0n) is 21.7. The van der Waals surface area contributed by atoms with Gasteiger partial charge in [0.25, 0.3) is 0 Å². The molecule has 0 aliphatic carbocycles. The lowest BCUT2D eigenvalue weighted by molar-refractivity contribution is -0.0459. The molecule has 2 aliphatic rings. The van der Waals surface area contributed by atoms with Gasteiger partial charge in [-0.25, -0.2) is 0 Å². The minimum absolute atomic E-state index is 0.0360. The van der Waals surface area contributed by atoms with Crippen LogP contribution in [0.25, 0.3) is 0 Å². The fourth-order valence-electron chi connectivity index (χ4n) is 5.31. The third-order valence-corrected chi connectivity index (χ3v) is 9.69.